The van der Waals surface area contributed by atoms with Gasteiger partial charge in [0.2, 0.25) is 17.7 Å². The first kappa shape index (κ1) is 35.5. The lowest BCUT2D eigenvalue weighted by molar-refractivity contribution is -0.142. The van der Waals surface area contributed by atoms with Gasteiger partial charge < -0.3 is 49.0 Å². The van der Waals surface area contributed by atoms with Crippen LogP contribution >= 0.6 is 0 Å². The first-order valence-corrected chi connectivity index (χ1v) is 15.3. The number of carboxylic acid groups (broad SMARTS) is 1. The van der Waals surface area contributed by atoms with E-state index in [9.17, 15) is 24.3 Å². The lowest BCUT2D eigenvalue weighted by Crippen LogP contribution is -2.57. The summed E-state index contributed by atoms with van der Waals surface area (Å²) in [6.45, 7) is 0.679. The Balaban J connectivity index is 1.80. The molecule has 0 fully saturated rings. The van der Waals surface area contributed by atoms with Crippen LogP contribution in [0.25, 0.3) is 10.9 Å². The molecule has 0 aliphatic rings. The van der Waals surface area contributed by atoms with Gasteiger partial charge in [-0.3, -0.25) is 19.4 Å². The Morgan fingerprint density at radius 3 is 2.13 bits per heavy atom. The molecule has 2 aromatic carbocycles. The standard InChI is InChI=1S/C32H45N9O5/c33-15-7-6-14-25(29(43)41-27(31(45)46)17-20-9-2-1-3-10-20)39-30(44)26(18-21-19-38-24-13-5-4-11-22(21)24)40-28(42)23(34)12-8-16-37-32(35)36/h1-5,9-11,13,19,23,25-27,38H,6-8,12,14-18,33-34H2,(H,39,44)(H,40,42)(H,41,43)(H,45,46)(H4,35,36,37). The molecule has 0 saturated carbocycles. The Morgan fingerprint density at radius 1 is 0.783 bits per heavy atom. The van der Waals surface area contributed by atoms with Crippen LogP contribution in [-0.2, 0) is 32.0 Å². The molecule has 0 radical (unpaired) electrons. The molecule has 14 nitrogen and oxygen atoms in total. The SMILES string of the molecule is NCCCCC(NC(=O)C(Cc1c[nH]c2ccccc12)NC(=O)C(N)CCCN=C(N)N)C(=O)NC(Cc1ccccc1)C(=O)O. The fraction of sp³-hybridized carbons (Fsp3) is 0.406. The van der Waals surface area contributed by atoms with Gasteiger partial charge in [0.1, 0.15) is 18.1 Å². The molecule has 4 atom stereocenters. The van der Waals surface area contributed by atoms with Crippen LogP contribution < -0.4 is 38.9 Å². The maximum atomic E-state index is 13.8. The number of aromatic amines is 1. The van der Waals surface area contributed by atoms with Gasteiger partial charge in [-0.2, -0.15) is 0 Å². The topological polar surface area (TPSA) is 257 Å². The number of unbranched alkanes of at least 4 members (excludes halogenated alkanes) is 1. The van der Waals surface area contributed by atoms with Crippen molar-refractivity contribution in [3.8, 4) is 0 Å². The average molecular weight is 636 g/mol. The summed E-state index contributed by atoms with van der Waals surface area (Å²) in [7, 11) is 0. The predicted octanol–water partition coefficient (Wildman–Crippen LogP) is 0.00200. The summed E-state index contributed by atoms with van der Waals surface area (Å²) < 4.78 is 0. The molecule has 0 spiro atoms. The minimum atomic E-state index is -1.22. The molecule has 0 aliphatic carbocycles. The second kappa shape index (κ2) is 18.1. The zero-order chi connectivity index (χ0) is 33.5. The van der Waals surface area contributed by atoms with Gasteiger partial charge in [0.15, 0.2) is 5.96 Å². The van der Waals surface area contributed by atoms with E-state index in [1.807, 2.05) is 30.3 Å². The molecule has 3 aromatic rings. The smallest absolute Gasteiger partial charge is 0.326 e. The molecule has 46 heavy (non-hydrogen) atoms. The van der Waals surface area contributed by atoms with Gasteiger partial charge in [0.05, 0.1) is 6.04 Å². The molecule has 1 heterocycles. The number of hydrogen-bond donors (Lipinski definition) is 9. The number of guanidine groups is 1. The number of nitrogens with one attached hydrogen (secondary N) is 4. The van der Waals surface area contributed by atoms with E-state index in [0.29, 0.717) is 32.4 Å². The second-order valence-electron chi connectivity index (χ2n) is 11.1. The summed E-state index contributed by atoms with van der Waals surface area (Å²) in [5.41, 5.74) is 24.9. The highest BCUT2D eigenvalue weighted by atomic mass is 16.4. The first-order chi connectivity index (χ1) is 22.1. The first-order valence-electron chi connectivity index (χ1n) is 15.3. The Kier molecular flexibility index (Phi) is 14.0. The molecule has 0 saturated heterocycles. The Labute approximate surface area is 267 Å². The third-order valence-corrected chi connectivity index (χ3v) is 7.51. The Bertz CT molecular complexity index is 1470. The van der Waals surface area contributed by atoms with Crippen molar-refractivity contribution in [2.24, 2.45) is 27.9 Å². The highest BCUT2D eigenvalue weighted by molar-refractivity contribution is 5.95. The van der Waals surface area contributed by atoms with E-state index in [0.717, 1.165) is 22.0 Å². The second-order valence-corrected chi connectivity index (χ2v) is 11.1. The summed E-state index contributed by atoms with van der Waals surface area (Å²) in [6, 6.07) is 12.1. The number of nitrogens with zero attached hydrogens (tertiary/aromatic N) is 1. The number of carbonyl (C=O) groups excluding carboxylic acids is 3. The molecule has 0 aliphatic heterocycles. The Hall–Kier alpha value is -4.95. The minimum absolute atomic E-state index is 0.0612. The number of nitrogens with two attached hydrogens (primary N) is 4. The van der Waals surface area contributed by atoms with Crippen molar-refractivity contribution < 1.29 is 24.3 Å². The fourth-order valence-corrected chi connectivity index (χ4v) is 5.02. The number of para-hydroxylation sites is 1. The number of H-pyrrole nitrogens is 1. The fourth-order valence-electron chi connectivity index (χ4n) is 5.02. The summed E-state index contributed by atoms with van der Waals surface area (Å²) in [6.07, 6.45) is 3.96. The van der Waals surface area contributed by atoms with Crippen molar-refractivity contribution in [2.45, 2.75) is 69.1 Å². The molecule has 3 rings (SSSR count). The molecule has 13 N–H and O–H groups in total. The summed E-state index contributed by atoms with van der Waals surface area (Å²) >= 11 is 0. The maximum Gasteiger partial charge on any atom is 0.326 e. The number of hydrogen-bond acceptors (Lipinski definition) is 7. The Morgan fingerprint density at radius 2 is 1.43 bits per heavy atom. The van der Waals surface area contributed by atoms with Gasteiger partial charge in [0.25, 0.3) is 0 Å². The van der Waals surface area contributed by atoms with E-state index < -0.39 is 47.9 Å². The number of aliphatic imine (C=N–C) groups is 1. The van der Waals surface area contributed by atoms with E-state index in [2.05, 4.69) is 25.9 Å². The van der Waals surface area contributed by atoms with Crippen LogP contribution in [0.15, 0.2) is 65.8 Å². The molecule has 0 bridgehead atoms. The molecule has 4 unspecified atom stereocenters. The van der Waals surface area contributed by atoms with E-state index in [4.69, 9.17) is 22.9 Å². The highest BCUT2D eigenvalue weighted by Gasteiger charge is 2.31. The van der Waals surface area contributed by atoms with Crippen molar-refractivity contribution in [1.29, 1.82) is 0 Å². The molecule has 3 amide bonds. The van der Waals surface area contributed by atoms with Crippen LogP contribution in [0.4, 0.5) is 0 Å². The summed E-state index contributed by atoms with van der Waals surface area (Å²) in [4.78, 5) is 59.5. The van der Waals surface area contributed by atoms with Crippen molar-refractivity contribution in [1.82, 2.24) is 20.9 Å². The molecule has 14 heteroatoms. The van der Waals surface area contributed by atoms with Crippen molar-refractivity contribution in [2.75, 3.05) is 13.1 Å². The molecule has 1 aromatic heterocycles. The number of carboxylic acids is 1. The van der Waals surface area contributed by atoms with E-state index in [1.54, 1.807) is 30.5 Å². The molecular weight excluding hydrogens is 590 g/mol. The van der Waals surface area contributed by atoms with Crippen LogP contribution in [0.3, 0.4) is 0 Å². The third-order valence-electron chi connectivity index (χ3n) is 7.51. The van der Waals surface area contributed by atoms with Gasteiger partial charge in [-0.05, 0) is 55.8 Å². The number of amides is 3. The predicted molar refractivity (Wildman–Crippen MR) is 176 cm³/mol. The number of carbonyl (C=O) groups is 4. The number of aliphatic carboxylic acids is 1. The number of rotatable bonds is 19. The van der Waals surface area contributed by atoms with Gasteiger partial charge in [-0.25, -0.2) is 4.79 Å². The largest absolute Gasteiger partial charge is 0.480 e. The highest BCUT2D eigenvalue weighted by Crippen LogP contribution is 2.19. The quantitative estimate of drug-likeness (QED) is 0.0487. The van der Waals surface area contributed by atoms with Crippen LogP contribution in [0, 0.1) is 0 Å². The molecular formula is C32H45N9O5. The number of fused-ring (bicyclic) bond motifs is 1. The van der Waals surface area contributed by atoms with Crippen molar-refractivity contribution in [3.63, 3.8) is 0 Å². The van der Waals surface area contributed by atoms with Gasteiger partial charge in [-0.1, -0.05) is 48.5 Å². The van der Waals surface area contributed by atoms with Crippen LogP contribution in [0.5, 0.6) is 0 Å². The summed E-state index contributed by atoms with van der Waals surface area (Å²) in [5, 5.41) is 18.8. The van der Waals surface area contributed by atoms with Crippen LogP contribution in [0.1, 0.15) is 43.2 Å². The normalized spacial score (nSPS) is 13.6. The van der Waals surface area contributed by atoms with Crippen molar-refractivity contribution >= 4 is 40.6 Å². The number of aromatic nitrogens is 1. The zero-order valence-electron chi connectivity index (χ0n) is 25.8. The third kappa shape index (κ3) is 11.2. The lowest BCUT2D eigenvalue weighted by atomic mass is 10.0. The lowest BCUT2D eigenvalue weighted by Gasteiger charge is -2.25. The molecule has 248 valence electrons. The van der Waals surface area contributed by atoms with Gasteiger partial charge in [0, 0.05) is 36.5 Å². The van der Waals surface area contributed by atoms with E-state index >= 15 is 0 Å². The monoisotopic (exact) mass is 635 g/mol. The van der Waals surface area contributed by atoms with Crippen LogP contribution in [0.2, 0.25) is 0 Å². The maximum absolute atomic E-state index is 13.8. The van der Waals surface area contributed by atoms with Gasteiger partial charge >= 0.3 is 5.97 Å². The summed E-state index contributed by atoms with van der Waals surface area (Å²) in [5.74, 6) is -3.09. The minimum Gasteiger partial charge on any atom is -0.480 e. The average Bonchev–Trinajstić information content (AvgIpc) is 3.44. The van der Waals surface area contributed by atoms with Gasteiger partial charge in [-0.15, -0.1) is 0 Å². The van der Waals surface area contributed by atoms with Crippen molar-refractivity contribution in [3.05, 3.63) is 71.9 Å². The number of benzene rings is 2. The zero-order valence-corrected chi connectivity index (χ0v) is 25.8. The van der Waals surface area contributed by atoms with E-state index in [1.165, 1.54) is 0 Å². The van der Waals surface area contributed by atoms with E-state index in [-0.39, 0.29) is 31.6 Å². The van der Waals surface area contributed by atoms with Crippen LogP contribution in [-0.4, -0.2) is 77.0 Å².